The Balaban J connectivity index is 1.92. The summed E-state index contributed by atoms with van der Waals surface area (Å²) in [5.74, 6) is 0.534. The van der Waals surface area contributed by atoms with Crippen LogP contribution in [0.25, 0.3) is 0 Å². The molecular formula is C27H32N2O4S. The zero-order valence-electron chi connectivity index (χ0n) is 20.1. The van der Waals surface area contributed by atoms with Gasteiger partial charge in [0.05, 0.1) is 23.7 Å². The van der Waals surface area contributed by atoms with E-state index in [4.69, 9.17) is 4.74 Å². The molecule has 180 valence electrons. The highest BCUT2D eigenvalue weighted by Crippen LogP contribution is 2.28. The predicted molar refractivity (Wildman–Crippen MR) is 136 cm³/mol. The molecule has 3 aromatic carbocycles. The highest BCUT2D eigenvalue weighted by Gasteiger charge is 2.25. The van der Waals surface area contributed by atoms with Crippen LogP contribution in [0.5, 0.6) is 5.75 Å². The van der Waals surface area contributed by atoms with E-state index in [2.05, 4.69) is 5.32 Å². The Hall–Kier alpha value is -3.32. The molecule has 0 bridgehead atoms. The molecule has 0 aromatic heterocycles. The molecule has 7 heteroatoms. The van der Waals surface area contributed by atoms with Crippen molar-refractivity contribution in [2.24, 2.45) is 0 Å². The van der Waals surface area contributed by atoms with Gasteiger partial charge in [0.2, 0.25) is 0 Å². The average molecular weight is 481 g/mol. The van der Waals surface area contributed by atoms with Crippen LogP contribution >= 0.6 is 0 Å². The van der Waals surface area contributed by atoms with Crippen molar-refractivity contribution < 1.29 is 17.9 Å². The lowest BCUT2D eigenvalue weighted by atomic mass is 10.1. The zero-order valence-corrected chi connectivity index (χ0v) is 20.9. The Morgan fingerprint density at radius 2 is 1.56 bits per heavy atom. The summed E-state index contributed by atoms with van der Waals surface area (Å²) in [4.78, 5) is 12.6. The Morgan fingerprint density at radius 1 is 0.941 bits per heavy atom. The zero-order chi connectivity index (χ0) is 24.7. The molecule has 0 heterocycles. The summed E-state index contributed by atoms with van der Waals surface area (Å²) in [6.07, 6.45) is 0.845. The van der Waals surface area contributed by atoms with Gasteiger partial charge in [-0.1, -0.05) is 36.8 Å². The van der Waals surface area contributed by atoms with Crippen molar-refractivity contribution in [3.63, 3.8) is 0 Å². The molecule has 1 amide bonds. The van der Waals surface area contributed by atoms with Gasteiger partial charge in [0, 0.05) is 11.6 Å². The summed E-state index contributed by atoms with van der Waals surface area (Å²) in [7, 11) is -3.83. The van der Waals surface area contributed by atoms with Gasteiger partial charge in [0.1, 0.15) is 5.75 Å². The highest BCUT2D eigenvalue weighted by molar-refractivity contribution is 7.92. The first-order chi connectivity index (χ1) is 16.2. The maximum Gasteiger partial charge on any atom is 0.264 e. The number of carbonyl (C=O) groups excluding carboxylic acids is 1. The summed E-state index contributed by atoms with van der Waals surface area (Å²) in [5.41, 5.74) is 2.82. The number of benzene rings is 3. The number of anilines is 1. The van der Waals surface area contributed by atoms with Gasteiger partial charge in [-0.25, -0.2) is 8.42 Å². The standard InChI is InChI=1S/C27H32N2O4S/c1-5-21(4)28-27(30)23-11-9-22(10-12-23)19-29(24-13-15-25(16-14-24)33-6-2)34(31,32)26-17-7-20(3)8-18-26/h7-18,21H,5-6,19H2,1-4H3,(H,28,30)/t21-/m0/s1. The lowest BCUT2D eigenvalue weighted by Crippen LogP contribution is -2.32. The molecule has 0 fully saturated rings. The number of hydrogen-bond donors (Lipinski definition) is 1. The van der Waals surface area contributed by atoms with Gasteiger partial charge in [-0.2, -0.15) is 0 Å². The van der Waals surface area contributed by atoms with Crippen LogP contribution in [-0.4, -0.2) is 27.0 Å². The molecule has 0 spiro atoms. The first kappa shape index (κ1) is 25.3. The molecule has 0 radical (unpaired) electrons. The second-order valence-electron chi connectivity index (χ2n) is 8.23. The minimum absolute atomic E-state index is 0.0852. The third-order valence-corrected chi connectivity index (χ3v) is 7.36. The van der Waals surface area contributed by atoms with Crippen LogP contribution in [0.4, 0.5) is 5.69 Å². The van der Waals surface area contributed by atoms with E-state index < -0.39 is 10.0 Å². The molecule has 0 unspecified atom stereocenters. The lowest BCUT2D eigenvalue weighted by molar-refractivity contribution is 0.0939. The van der Waals surface area contributed by atoms with Crippen LogP contribution in [0.2, 0.25) is 0 Å². The monoisotopic (exact) mass is 480 g/mol. The number of nitrogens with zero attached hydrogens (tertiary/aromatic N) is 1. The second kappa shape index (κ2) is 11.2. The molecule has 6 nitrogen and oxygen atoms in total. The van der Waals surface area contributed by atoms with Gasteiger partial charge in [0.15, 0.2) is 0 Å². The van der Waals surface area contributed by atoms with Crippen molar-refractivity contribution in [2.45, 2.75) is 51.6 Å². The van der Waals surface area contributed by atoms with Crippen molar-refractivity contribution in [1.29, 1.82) is 0 Å². The van der Waals surface area contributed by atoms with Crippen molar-refractivity contribution in [1.82, 2.24) is 5.32 Å². The van der Waals surface area contributed by atoms with Crippen LogP contribution < -0.4 is 14.4 Å². The minimum Gasteiger partial charge on any atom is -0.494 e. The van der Waals surface area contributed by atoms with Crippen LogP contribution in [0, 0.1) is 6.92 Å². The number of carbonyl (C=O) groups is 1. The molecule has 0 saturated heterocycles. The molecule has 0 saturated carbocycles. The summed E-state index contributed by atoms with van der Waals surface area (Å²) < 4.78 is 34.1. The van der Waals surface area contributed by atoms with E-state index in [-0.39, 0.29) is 23.4 Å². The Labute approximate surface area is 202 Å². The topological polar surface area (TPSA) is 75.7 Å². The lowest BCUT2D eigenvalue weighted by Gasteiger charge is -2.25. The first-order valence-electron chi connectivity index (χ1n) is 11.5. The molecule has 1 atom stereocenters. The molecule has 0 aliphatic rings. The quantitative estimate of drug-likeness (QED) is 0.426. The molecule has 34 heavy (non-hydrogen) atoms. The van der Waals surface area contributed by atoms with E-state index in [1.807, 2.05) is 27.7 Å². The van der Waals surface area contributed by atoms with E-state index in [0.717, 1.165) is 17.5 Å². The molecule has 1 N–H and O–H groups in total. The van der Waals surface area contributed by atoms with Gasteiger partial charge < -0.3 is 10.1 Å². The number of hydrogen-bond acceptors (Lipinski definition) is 4. The fourth-order valence-corrected chi connectivity index (χ4v) is 4.82. The van der Waals surface area contributed by atoms with Crippen molar-refractivity contribution in [3.05, 3.63) is 89.5 Å². The van der Waals surface area contributed by atoms with E-state index in [9.17, 15) is 13.2 Å². The van der Waals surface area contributed by atoms with E-state index in [1.54, 1.807) is 72.8 Å². The fourth-order valence-electron chi connectivity index (χ4n) is 3.36. The Kier molecular flexibility index (Phi) is 8.34. The van der Waals surface area contributed by atoms with Gasteiger partial charge >= 0.3 is 0 Å². The van der Waals surface area contributed by atoms with E-state index >= 15 is 0 Å². The molecule has 3 rings (SSSR count). The highest BCUT2D eigenvalue weighted by atomic mass is 32.2. The molecule has 0 aliphatic carbocycles. The molecule has 0 aliphatic heterocycles. The fraction of sp³-hybridized carbons (Fsp3) is 0.296. The van der Waals surface area contributed by atoms with E-state index in [1.165, 1.54) is 4.31 Å². The van der Waals surface area contributed by atoms with Crippen LogP contribution in [-0.2, 0) is 16.6 Å². The first-order valence-corrected chi connectivity index (χ1v) is 12.9. The van der Waals surface area contributed by atoms with Crippen LogP contribution in [0.3, 0.4) is 0 Å². The van der Waals surface area contributed by atoms with Gasteiger partial charge in [0.25, 0.3) is 15.9 Å². The third kappa shape index (κ3) is 6.17. The van der Waals surface area contributed by atoms with Gasteiger partial charge in [-0.15, -0.1) is 0 Å². The number of aryl methyl sites for hydroxylation is 1. The summed E-state index contributed by atoms with van der Waals surface area (Å²) >= 11 is 0. The van der Waals surface area contributed by atoms with E-state index in [0.29, 0.717) is 23.6 Å². The smallest absolute Gasteiger partial charge is 0.264 e. The van der Waals surface area contributed by atoms with Crippen molar-refractivity contribution in [3.8, 4) is 5.75 Å². The van der Waals surface area contributed by atoms with Crippen molar-refractivity contribution >= 4 is 21.6 Å². The van der Waals surface area contributed by atoms with Crippen molar-refractivity contribution in [2.75, 3.05) is 10.9 Å². The molecule has 3 aromatic rings. The summed E-state index contributed by atoms with van der Waals surface area (Å²) in [5, 5.41) is 2.94. The number of sulfonamides is 1. The molecular weight excluding hydrogens is 448 g/mol. The number of rotatable bonds is 10. The SMILES string of the molecule is CCOc1ccc(N(Cc2ccc(C(=O)N[C@@H](C)CC)cc2)S(=O)(=O)c2ccc(C)cc2)cc1. The minimum atomic E-state index is -3.83. The maximum atomic E-state index is 13.6. The van der Waals surface area contributed by atoms with Crippen LogP contribution in [0.15, 0.2) is 77.7 Å². The Bertz CT molecular complexity index is 1190. The maximum absolute atomic E-state index is 13.6. The van der Waals surface area contributed by atoms with Crippen LogP contribution in [0.1, 0.15) is 48.7 Å². The third-order valence-electron chi connectivity index (χ3n) is 5.58. The number of ether oxygens (including phenoxy) is 1. The largest absolute Gasteiger partial charge is 0.494 e. The number of nitrogens with one attached hydrogen (secondary N) is 1. The second-order valence-corrected chi connectivity index (χ2v) is 10.1. The van der Waals surface area contributed by atoms with Gasteiger partial charge in [-0.3, -0.25) is 9.10 Å². The normalized spacial score (nSPS) is 12.1. The number of amides is 1. The summed E-state index contributed by atoms with van der Waals surface area (Å²) in [6.45, 7) is 8.43. The predicted octanol–water partition coefficient (Wildman–Crippen LogP) is 5.32. The average Bonchev–Trinajstić information content (AvgIpc) is 2.84. The Morgan fingerprint density at radius 3 is 2.12 bits per heavy atom. The summed E-state index contributed by atoms with van der Waals surface area (Å²) in [6, 6.07) is 20.9. The van der Waals surface area contributed by atoms with Gasteiger partial charge in [-0.05, 0) is 81.3 Å².